The SMILES string of the molecule is COc1nc(-c2n[nH]c3cc(F)c(F)cc23)ccc1N. The van der Waals surface area contributed by atoms with Crippen LogP contribution in [0.3, 0.4) is 0 Å². The summed E-state index contributed by atoms with van der Waals surface area (Å²) in [6.45, 7) is 0. The van der Waals surface area contributed by atoms with Gasteiger partial charge in [-0.15, -0.1) is 0 Å². The molecule has 5 nitrogen and oxygen atoms in total. The van der Waals surface area contributed by atoms with Gasteiger partial charge in [0.05, 0.1) is 24.0 Å². The first kappa shape index (κ1) is 12.3. The fourth-order valence-electron chi connectivity index (χ4n) is 1.95. The van der Waals surface area contributed by atoms with Gasteiger partial charge in [0, 0.05) is 11.5 Å². The second kappa shape index (κ2) is 4.44. The number of nitrogen functional groups attached to an aromatic ring is 1. The number of ether oxygens (including phenoxy) is 1. The molecule has 0 bridgehead atoms. The largest absolute Gasteiger partial charge is 0.480 e. The van der Waals surface area contributed by atoms with Crippen molar-refractivity contribution >= 4 is 16.6 Å². The van der Waals surface area contributed by atoms with Gasteiger partial charge in [0.2, 0.25) is 5.88 Å². The van der Waals surface area contributed by atoms with Crippen LogP contribution in [0.25, 0.3) is 22.3 Å². The Balaban J connectivity index is 2.22. The van der Waals surface area contributed by atoms with Gasteiger partial charge in [-0.2, -0.15) is 5.10 Å². The topological polar surface area (TPSA) is 76.8 Å². The number of nitrogens with zero attached hydrogens (tertiary/aromatic N) is 2. The number of hydrogen-bond donors (Lipinski definition) is 2. The molecule has 3 rings (SSSR count). The third kappa shape index (κ3) is 1.83. The number of pyridine rings is 1. The molecule has 0 unspecified atom stereocenters. The molecule has 7 heteroatoms. The van der Waals surface area contributed by atoms with E-state index in [4.69, 9.17) is 10.5 Å². The standard InChI is InChI=1S/C13H10F2N4O/c1-20-13-9(16)2-3-10(17-13)12-6-4-7(14)8(15)5-11(6)18-19-12/h2-5H,16H2,1H3,(H,18,19). The maximum Gasteiger partial charge on any atom is 0.237 e. The number of benzene rings is 1. The molecule has 0 fully saturated rings. The summed E-state index contributed by atoms with van der Waals surface area (Å²) in [6, 6.07) is 5.38. The monoisotopic (exact) mass is 276 g/mol. The highest BCUT2D eigenvalue weighted by atomic mass is 19.2. The molecule has 2 heterocycles. The van der Waals surface area contributed by atoms with E-state index < -0.39 is 11.6 Å². The average Bonchev–Trinajstić information content (AvgIpc) is 2.83. The quantitative estimate of drug-likeness (QED) is 0.754. The van der Waals surface area contributed by atoms with E-state index >= 15 is 0 Å². The number of aromatic amines is 1. The zero-order chi connectivity index (χ0) is 14.3. The predicted molar refractivity (Wildman–Crippen MR) is 70.2 cm³/mol. The Kier molecular flexibility index (Phi) is 2.74. The molecule has 0 atom stereocenters. The molecule has 0 amide bonds. The molecule has 0 aliphatic heterocycles. The molecule has 0 aliphatic rings. The summed E-state index contributed by atoms with van der Waals surface area (Å²) in [6.07, 6.45) is 0. The maximum absolute atomic E-state index is 13.3. The number of aromatic nitrogens is 3. The van der Waals surface area contributed by atoms with Crippen molar-refractivity contribution in [2.24, 2.45) is 0 Å². The number of anilines is 1. The van der Waals surface area contributed by atoms with Crippen molar-refractivity contribution in [2.75, 3.05) is 12.8 Å². The zero-order valence-electron chi connectivity index (χ0n) is 10.4. The molecule has 3 aromatic rings. The lowest BCUT2D eigenvalue weighted by atomic mass is 10.1. The summed E-state index contributed by atoms with van der Waals surface area (Å²) in [5.74, 6) is -1.63. The van der Waals surface area contributed by atoms with E-state index in [1.165, 1.54) is 7.11 Å². The van der Waals surface area contributed by atoms with Crippen LogP contribution in [-0.2, 0) is 0 Å². The van der Waals surface area contributed by atoms with Crippen molar-refractivity contribution in [3.8, 4) is 17.3 Å². The highest BCUT2D eigenvalue weighted by Gasteiger charge is 2.14. The van der Waals surface area contributed by atoms with Crippen LogP contribution in [0.5, 0.6) is 5.88 Å². The number of nitrogens with two attached hydrogens (primary N) is 1. The van der Waals surface area contributed by atoms with E-state index in [1.54, 1.807) is 12.1 Å². The number of rotatable bonds is 2. The van der Waals surface area contributed by atoms with Gasteiger partial charge in [-0.1, -0.05) is 0 Å². The third-order valence-corrected chi connectivity index (χ3v) is 2.93. The number of H-pyrrole nitrogens is 1. The summed E-state index contributed by atoms with van der Waals surface area (Å²) >= 11 is 0. The van der Waals surface area contributed by atoms with E-state index in [-0.39, 0.29) is 5.88 Å². The van der Waals surface area contributed by atoms with E-state index in [2.05, 4.69) is 15.2 Å². The Bertz CT molecular complexity index is 800. The Labute approximate surface area is 112 Å². The Morgan fingerprint density at radius 3 is 2.70 bits per heavy atom. The van der Waals surface area contributed by atoms with E-state index in [1.807, 2.05) is 0 Å². The summed E-state index contributed by atoms with van der Waals surface area (Å²) in [4.78, 5) is 4.19. The van der Waals surface area contributed by atoms with Gasteiger partial charge >= 0.3 is 0 Å². The van der Waals surface area contributed by atoms with Crippen LogP contribution in [-0.4, -0.2) is 22.3 Å². The molecule has 1 aromatic carbocycles. The average molecular weight is 276 g/mol. The van der Waals surface area contributed by atoms with Crippen molar-refractivity contribution in [3.05, 3.63) is 35.9 Å². The van der Waals surface area contributed by atoms with Gasteiger partial charge in [0.25, 0.3) is 0 Å². The molecule has 0 saturated carbocycles. The lowest BCUT2D eigenvalue weighted by Crippen LogP contribution is -1.96. The van der Waals surface area contributed by atoms with Crippen molar-refractivity contribution < 1.29 is 13.5 Å². The molecule has 0 radical (unpaired) electrons. The van der Waals surface area contributed by atoms with E-state index in [0.29, 0.717) is 28.0 Å². The van der Waals surface area contributed by atoms with Gasteiger partial charge in [0.1, 0.15) is 5.69 Å². The highest BCUT2D eigenvalue weighted by molar-refractivity contribution is 5.92. The Hall–Kier alpha value is -2.70. The van der Waals surface area contributed by atoms with Crippen LogP contribution < -0.4 is 10.5 Å². The van der Waals surface area contributed by atoms with Crippen molar-refractivity contribution in [2.45, 2.75) is 0 Å². The molecule has 0 aliphatic carbocycles. The molecule has 0 spiro atoms. The van der Waals surface area contributed by atoms with Crippen LogP contribution in [0.15, 0.2) is 24.3 Å². The first-order chi connectivity index (χ1) is 9.60. The van der Waals surface area contributed by atoms with Crippen LogP contribution >= 0.6 is 0 Å². The molecule has 2 aromatic heterocycles. The first-order valence-electron chi connectivity index (χ1n) is 5.74. The molecule has 3 N–H and O–H groups in total. The minimum absolute atomic E-state index is 0.251. The van der Waals surface area contributed by atoms with Gasteiger partial charge in [-0.25, -0.2) is 13.8 Å². The van der Waals surface area contributed by atoms with Crippen LogP contribution in [0.4, 0.5) is 14.5 Å². The van der Waals surface area contributed by atoms with E-state index in [9.17, 15) is 8.78 Å². The van der Waals surface area contributed by atoms with Crippen LogP contribution in [0, 0.1) is 11.6 Å². The normalized spacial score (nSPS) is 10.9. The fraction of sp³-hybridized carbons (Fsp3) is 0.0769. The lowest BCUT2D eigenvalue weighted by Gasteiger charge is -2.04. The molecular weight excluding hydrogens is 266 g/mol. The minimum atomic E-state index is -0.942. The maximum atomic E-state index is 13.3. The Morgan fingerprint density at radius 2 is 1.95 bits per heavy atom. The van der Waals surface area contributed by atoms with Crippen LogP contribution in [0.2, 0.25) is 0 Å². The van der Waals surface area contributed by atoms with Gasteiger partial charge in [-0.05, 0) is 18.2 Å². The minimum Gasteiger partial charge on any atom is -0.480 e. The van der Waals surface area contributed by atoms with Crippen molar-refractivity contribution in [1.29, 1.82) is 0 Å². The zero-order valence-corrected chi connectivity index (χ0v) is 10.4. The second-order valence-corrected chi connectivity index (χ2v) is 4.18. The van der Waals surface area contributed by atoms with Crippen molar-refractivity contribution in [1.82, 2.24) is 15.2 Å². The number of halogens is 2. The summed E-state index contributed by atoms with van der Waals surface area (Å²) in [7, 11) is 1.44. The third-order valence-electron chi connectivity index (χ3n) is 2.93. The van der Waals surface area contributed by atoms with E-state index in [0.717, 1.165) is 12.1 Å². The lowest BCUT2D eigenvalue weighted by molar-refractivity contribution is 0.401. The second-order valence-electron chi connectivity index (χ2n) is 4.18. The Morgan fingerprint density at radius 1 is 1.20 bits per heavy atom. The summed E-state index contributed by atoms with van der Waals surface area (Å²) in [5, 5.41) is 7.11. The molecular formula is C13H10F2N4O. The highest BCUT2D eigenvalue weighted by Crippen LogP contribution is 2.29. The van der Waals surface area contributed by atoms with Gasteiger partial charge < -0.3 is 10.5 Å². The van der Waals surface area contributed by atoms with Crippen molar-refractivity contribution in [3.63, 3.8) is 0 Å². The molecule has 20 heavy (non-hydrogen) atoms. The fourth-order valence-corrected chi connectivity index (χ4v) is 1.95. The molecule has 102 valence electrons. The predicted octanol–water partition coefficient (Wildman–Crippen LogP) is 2.49. The number of nitrogens with one attached hydrogen (secondary N) is 1. The molecule has 0 saturated heterocycles. The smallest absolute Gasteiger partial charge is 0.237 e. The summed E-state index contributed by atoms with van der Waals surface area (Å²) < 4.78 is 31.5. The number of hydrogen-bond acceptors (Lipinski definition) is 4. The number of methoxy groups -OCH3 is 1. The van der Waals surface area contributed by atoms with Crippen LogP contribution in [0.1, 0.15) is 0 Å². The summed E-state index contributed by atoms with van der Waals surface area (Å²) in [5.41, 5.74) is 7.31. The number of fused-ring (bicyclic) bond motifs is 1. The van der Waals surface area contributed by atoms with Gasteiger partial charge in [-0.3, -0.25) is 5.10 Å². The first-order valence-corrected chi connectivity index (χ1v) is 5.74. The van der Waals surface area contributed by atoms with Gasteiger partial charge in [0.15, 0.2) is 11.6 Å².